The van der Waals surface area contributed by atoms with E-state index in [2.05, 4.69) is 0 Å². The van der Waals surface area contributed by atoms with Crippen LogP contribution >= 0.6 is 35.0 Å². The highest BCUT2D eigenvalue weighted by Crippen LogP contribution is 2.34. The van der Waals surface area contributed by atoms with Crippen LogP contribution in [0.2, 0.25) is 10.0 Å². The summed E-state index contributed by atoms with van der Waals surface area (Å²) in [5.41, 5.74) is 1.66. The van der Waals surface area contributed by atoms with Crippen LogP contribution in [0.15, 0.2) is 89.8 Å². The molecule has 1 heterocycles. The lowest BCUT2D eigenvalue weighted by Gasteiger charge is -2.13. The highest BCUT2D eigenvalue weighted by Gasteiger charge is 2.35. The Kier molecular flexibility index (Phi) is 6.83. The number of hydrogen-bond acceptors (Lipinski definition) is 5. The van der Waals surface area contributed by atoms with Gasteiger partial charge in [-0.3, -0.25) is 14.5 Å². The van der Waals surface area contributed by atoms with E-state index < -0.39 is 5.97 Å². The molecule has 5 nitrogen and oxygen atoms in total. The van der Waals surface area contributed by atoms with Gasteiger partial charge in [0.05, 0.1) is 22.0 Å². The Morgan fingerprint density at radius 2 is 1.69 bits per heavy atom. The highest BCUT2D eigenvalue weighted by molar-refractivity contribution is 8.18. The first-order chi connectivity index (χ1) is 17.4. The van der Waals surface area contributed by atoms with E-state index in [4.69, 9.17) is 27.9 Å². The molecule has 36 heavy (non-hydrogen) atoms. The molecule has 8 heteroatoms. The Bertz CT molecular complexity index is 1570. The van der Waals surface area contributed by atoms with Crippen molar-refractivity contribution in [1.29, 1.82) is 0 Å². The number of carbonyl (C=O) groups is 3. The van der Waals surface area contributed by atoms with Gasteiger partial charge < -0.3 is 4.74 Å². The Hall–Kier alpha value is -3.58. The largest absolute Gasteiger partial charge is 0.423 e. The molecule has 0 spiro atoms. The predicted octanol–water partition coefficient (Wildman–Crippen LogP) is 7.60. The van der Waals surface area contributed by atoms with E-state index in [-0.39, 0.29) is 34.0 Å². The predicted molar refractivity (Wildman–Crippen MR) is 143 cm³/mol. The van der Waals surface area contributed by atoms with E-state index in [0.717, 1.165) is 28.1 Å². The first-order valence-corrected chi connectivity index (χ1v) is 12.4. The molecule has 0 saturated carbocycles. The fraction of sp³-hybridized carbons (Fsp3) is 0.0357. The van der Waals surface area contributed by atoms with Gasteiger partial charge in [0, 0.05) is 5.02 Å². The molecule has 0 radical (unpaired) electrons. The fourth-order valence-corrected chi connectivity index (χ4v) is 5.12. The fourth-order valence-electron chi connectivity index (χ4n) is 3.79. The summed E-state index contributed by atoms with van der Waals surface area (Å²) in [6, 6.07) is 25.0. The summed E-state index contributed by atoms with van der Waals surface area (Å²) in [7, 11) is 0. The summed E-state index contributed by atoms with van der Waals surface area (Å²) in [6.07, 6.45) is 1.61. The zero-order chi connectivity index (χ0) is 25.2. The molecule has 0 aromatic heterocycles. The first-order valence-electron chi connectivity index (χ1n) is 10.9. The van der Waals surface area contributed by atoms with Crippen molar-refractivity contribution >= 4 is 68.9 Å². The van der Waals surface area contributed by atoms with Gasteiger partial charge in [0.15, 0.2) is 0 Å². The van der Waals surface area contributed by atoms with Gasteiger partial charge in [-0.25, -0.2) is 4.79 Å². The Labute approximate surface area is 221 Å². The SMILES string of the molecule is O=C(Oc1cccc(/C=C2\SC(=O)N(Cc3ccc4ccccc4c3)C2=O)c1)c1ccc(Cl)cc1Cl. The van der Waals surface area contributed by atoms with Gasteiger partial charge in [-0.2, -0.15) is 0 Å². The molecular formula is C28H17Cl2NO4S. The molecule has 1 saturated heterocycles. The van der Waals surface area contributed by atoms with Gasteiger partial charge in [0.25, 0.3) is 11.1 Å². The van der Waals surface area contributed by atoms with E-state index in [1.807, 2.05) is 42.5 Å². The second-order valence-electron chi connectivity index (χ2n) is 8.04. The molecule has 4 aromatic rings. The standard InChI is InChI=1S/C28H17Cl2NO4S/c29-21-10-11-23(24(30)15-21)27(33)35-22-7-3-4-17(13-22)14-25-26(32)31(28(34)36-25)16-18-8-9-19-5-1-2-6-20(19)12-18/h1-15H,16H2/b25-14-. The lowest BCUT2D eigenvalue weighted by molar-refractivity contribution is -0.123. The molecule has 178 valence electrons. The molecule has 5 rings (SSSR count). The average Bonchev–Trinajstić information content (AvgIpc) is 3.11. The quantitative estimate of drug-likeness (QED) is 0.150. The van der Waals surface area contributed by atoms with Crippen LogP contribution in [0.25, 0.3) is 16.8 Å². The smallest absolute Gasteiger partial charge is 0.345 e. The van der Waals surface area contributed by atoms with Crippen molar-refractivity contribution in [3.05, 3.63) is 117 Å². The first kappa shape index (κ1) is 24.1. The van der Waals surface area contributed by atoms with Crippen molar-refractivity contribution in [2.24, 2.45) is 0 Å². The Morgan fingerprint density at radius 3 is 2.50 bits per heavy atom. The third kappa shape index (κ3) is 5.16. The molecule has 4 aromatic carbocycles. The Morgan fingerprint density at radius 1 is 0.889 bits per heavy atom. The number of halogens is 2. The number of hydrogen-bond donors (Lipinski definition) is 0. The summed E-state index contributed by atoms with van der Waals surface area (Å²) in [4.78, 5) is 39.7. The summed E-state index contributed by atoms with van der Waals surface area (Å²) in [6.45, 7) is 0.187. The summed E-state index contributed by atoms with van der Waals surface area (Å²) >= 11 is 12.9. The molecule has 1 aliphatic heterocycles. The number of amides is 2. The minimum Gasteiger partial charge on any atom is -0.423 e. The van der Waals surface area contributed by atoms with Gasteiger partial charge >= 0.3 is 5.97 Å². The molecule has 0 bridgehead atoms. The van der Waals surface area contributed by atoms with E-state index in [1.54, 1.807) is 36.4 Å². The number of rotatable bonds is 5. The number of nitrogens with zero attached hydrogens (tertiary/aromatic N) is 1. The van der Waals surface area contributed by atoms with Crippen LogP contribution < -0.4 is 4.74 Å². The number of fused-ring (bicyclic) bond motifs is 1. The van der Waals surface area contributed by atoms with E-state index >= 15 is 0 Å². The topological polar surface area (TPSA) is 63.7 Å². The third-order valence-electron chi connectivity index (χ3n) is 5.55. The molecule has 0 atom stereocenters. The van der Waals surface area contributed by atoms with Crippen LogP contribution in [0.5, 0.6) is 5.75 Å². The van der Waals surface area contributed by atoms with Crippen LogP contribution in [0, 0.1) is 0 Å². The van der Waals surface area contributed by atoms with Crippen LogP contribution in [-0.4, -0.2) is 22.0 Å². The van der Waals surface area contributed by atoms with E-state index in [0.29, 0.717) is 15.5 Å². The second-order valence-corrected chi connectivity index (χ2v) is 9.87. The van der Waals surface area contributed by atoms with Crippen LogP contribution in [-0.2, 0) is 11.3 Å². The molecule has 0 N–H and O–H groups in total. The van der Waals surface area contributed by atoms with Crippen LogP contribution in [0.1, 0.15) is 21.5 Å². The average molecular weight is 534 g/mol. The number of carbonyl (C=O) groups excluding carboxylic acids is 3. The molecule has 1 fully saturated rings. The number of benzene rings is 4. The number of thioether (sulfide) groups is 1. The van der Waals surface area contributed by atoms with Gasteiger partial charge in [0.1, 0.15) is 5.75 Å². The summed E-state index contributed by atoms with van der Waals surface area (Å²) in [5, 5.41) is 2.40. The van der Waals surface area contributed by atoms with Crippen molar-refractivity contribution in [1.82, 2.24) is 4.90 Å². The number of ether oxygens (including phenoxy) is 1. The summed E-state index contributed by atoms with van der Waals surface area (Å²) in [5.74, 6) is -0.729. The van der Waals surface area contributed by atoms with Crippen molar-refractivity contribution in [2.75, 3.05) is 0 Å². The molecule has 1 aliphatic rings. The van der Waals surface area contributed by atoms with E-state index in [1.165, 1.54) is 17.0 Å². The normalized spacial score (nSPS) is 14.6. The molecule has 0 unspecified atom stereocenters. The monoisotopic (exact) mass is 533 g/mol. The maximum Gasteiger partial charge on any atom is 0.345 e. The molecule has 2 amide bonds. The number of esters is 1. The Balaban J connectivity index is 1.32. The zero-order valence-corrected chi connectivity index (χ0v) is 20.9. The van der Waals surface area contributed by atoms with Crippen molar-refractivity contribution in [2.45, 2.75) is 6.54 Å². The van der Waals surface area contributed by atoms with Gasteiger partial charge in [-0.05, 0) is 76.1 Å². The van der Waals surface area contributed by atoms with Crippen LogP contribution in [0.3, 0.4) is 0 Å². The van der Waals surface area contributed by atoms with E-state index in [9.17, 15) is 14.4 Å². The highest BCUT2D eigenvalue weighted by atomic mass is 35.5. The summed E-state index contributed by atoms with van der Waals surface area (Å²) < 4.78 is 5.44. The van der Waals surface area contributed by atoms with Gasteiger partial charge in [-0.1, -0.05) is 71.7 Å². The lowest BCUT2D eigenvalue weighted by atomic mass is 10.1. The molecule has 0 aliphatic carbocycles. The number of imide groups is 1. The van der Waals surface area contributed by atoms with Gasteiger partial charge in [0.2, 0.25) is 0 Å². The minimum absolute atomic E-state index is 0.182. The van der Waals surface area contributed by atoms with Crippen molar-refractivity contribution in [3.63, 3.8) is 0 Å². The third-order valence-corrected chi connectivity index (χ3v) is 7.00. The van der Waals surface area contributed by atoms with Crippen molar-refractivity contribution in [3.8, 4) is 5.75 Å². The maximum absolute atomic E-state index is 13.0. The lowest BCUT2D eigenvalue weighted by Crippen LogP contribution is -2.27. The zero-order valence-electron chi connectivity index (χ0n) is 18.6. The van der Waals surface area contributed by atoms with Gasteiger partial charge in [-0.15, -0.1) is 0 Å². The maximum atomic E-state index is 13.0. The minimum atomic E-state index is -0.635. The molecular weight excluding hydrogens is 517 g/mol. The van der Waals surface area contributed by atoms with Crippen molar-refractivity contribution < 1.29 is 19.1 Å². The van der Waals surface area contributed by atoms with Crippen LogP contribution in [0.4, 0.5) is 4.79 Å². The second kappa shape index (κ2) is 10.2.